The highest BCUT2D eigenvalue weighted by Gasteiger charge is 2.24. The van der Waals surface area contributed by atoms with Gasteiger partial charge in [0, 0.05) is 32.2 Å². The van der Waals surface area contributed by atoms with Crippen LogP contribution in [0.25, 0.3) is 0 Å². The van der Waals surface area contributed by atoms with E-state index in [1.54, 1.807) is 29.0 Å². The zero-order valence-corrected chi connectivity index (χ0v) is 14.8. The molecule has 2 rings (SSSR count). The molecular formula is C17H24N4O5. The standard InChI is InChI=1S/C17H24N4O5/c1-25-13-3-2-4-14(11-13)26-10-5-16(23)20-6-8-21(9-7-20)17(24)12-15(22)19-18/h2-4,11H,5-10,12,18H2,1H3,(H,19,22). The van der Waals surface area contributed by atoms with Gasteiger partial charge in [-0.15, -0.1) is 0 Å². The number of hydrazine groups is 1. The normalized spacial score (nSPS) is 13.9. The van der Waals surface area contributed by atoms with Gasteiger partial charge in [0.2, 0.25) is 17.7 Å². The Morgan fingerprint density at radius 1 is 1.08 bits per heavy atom. The SMILES string of the molecule is COc1cccc(OCCC(=O)N2CCN(C(=O)CC(=O)NN)CC2)c1. The lowest BCUT2D eigenvalue weighted by Gasteiger charge is -2.34. The molecule has 0 atom stereocenters. The number of carbonyl (C=O) groups excluding carboxylic acids is 3. The first-order valence-corrected chi connectivity index (χ1v) is 8.35. The number of hydrogen-bond acceptors (Lipinski definition) is 6. The first-order valence-electron chi connectivity index (χ1n) is 8.35. The van der Waals surface area contributed by atoms with Crippen molar-refractivity contribution in [2.24, 2.45) is 5.84 Å². The van der Waals surface area contributed by atoms with Crippen LogP contribution in [0.3, 0.4) is 0 Å². The van der Waals surface area contributed by atoms with Crippen molar-refractivity contribution in [2.75, 3.05) is 39.9 Å². The van der Waals surface area contributed by atoms with E-state index in [2.05, 4.69) is 0 Å². The smallest absolute Gasteiger partial charge is 0.243 e. The van der Waals surface area contributed by atoms with Crippen LogP contribution in [0.5, 0.6) is 11.5 Å². The molecule has 0 aromatic heterocycles. The Labute approximate surface area is 152 Å². The van der Waals surface area contributed by atoms with E-state index < -0.39 is 5.91 Å². The maximum absolute atomic E-state index is 12.2. The van der Waals surface area contributed by atoms with Crippen LogP contribution in [0.1, 0.15) is 12.8 Å². The minimum absolute atomic E-state index is 0.0281. The van der Waals surface area contributed by atoms with Crippen LogP contribution in [-0.2, 0) is 14.4 Å². The minimum atomic E-state index is -0.525. The number of nitrogens with zero attached hydrogens (tertiary/aromatic N) is 2. The Bertz CT molecular complexity index is 644. The Morgan fingerprint density at radius 2 is 1.69 bits per heavy atom. The number of nitrogens with two attached hydrogens (primary N) is 1. The molecule has 9 heteroatoms. The molecule has 0 saturated carbocycles. The molecule has 1 fully saturated rings. The summed E-state index contributed by atoms with van der Waals surface area (Å²) in [5.74, 6) is 5.47. The van der Waals surface area contributed by atoms with E-state index in [9.17, 15) is 14.4 Å². The van der Waals surface area contributed by atoms with E-state index in [1.807, 2.05) is 17.6 Å². The lowest BCUT2D eigenvalue weighted by Crippen LogP contribution is -2.51. The van der Waals surface area contributed by atoms with Gasteiger partial charge in [-0.05, 0) is 12.1 Å². The number of benzene rings is 1. The van der Waals surface area contributed by atoms with E-state index >= 15 is 0 Å². The number of hydrogen-bond donors (Lipinski definition) is 2. The minimum Gasteiger partial charge on any atom is -0.497 e. The van der Waals surface area contributed by atoms with Gasteiger partial charge in [-0.1, -0.05) is 6.07 Å². The summed E-state index contributed by atoms with van der Waals surface area (Å²) >= 11 is 0. The molecule has 142 valence electrons. The molecule has 0 unspecified atom stereocenters. The Morgan fingerprint density at radius 3 is 2.31 bits per heavy atom. The highest BCUT2D eigenvalue weighted by Crippen LogP contribution is 2.19. The molecule has 26 heavy (non-hydrogen) atoms. The summed E-state index contributed by atoms with van der Waals surface area (Å²) in [6.45, 7) is 1.95. The predicted octanol–water partition coefficient (Wildman–Crippen LogP) is -0.485. The van der Waals surface area contributed by atoms with Crippen molar-refractivity contribution in [1.29, 1.82) is 0 Å². The monoisotopic (exact) mass is 364 g/mol. The van der Waals surface area contributed by atoms with Crippen molar-refractivity contribution in [3.63, 3.8) is 0 Å². The van der Waals surface area contributed by atoms with Gasteiger partial charge in [0.15, 0.2) is 0 Å². The second-order valence-electron chi connectivity index (χ2n) is 5.78. The highest BCUT2D eigenvalue weighted by atomic mass is 16.5. The molecule has 1 aliphatic rings. The molecule has 1 aromatic carbocycles. The van der Waals surface area contributed by atoms with Gasteiger partial charge in [-0.2, -0.15) is 0 Å². The van der Waals surface area contributed by atoms with E-state index in [-0.39, 0.29) is 31.3 Å². The largest absolute Gasteiger partial charge is 0.497 e. The summed E-state index contributed by atoms with van der Waals surface area (Å²) in [6.07, 6.45) is -0.0282. The summed E-state index contributed by atoms with van der Waals surface area (Å²) in [6, 6.07) is 7.19. The molecule has 0 bridgehead atoms. The van der Waals surface area contributed by atoms with E-state index in [4.69, 9.17) is 15.3 Å². The van der Waals surface area contributed by atoms with Crippen molar-refractivity contribution in [3.8, 4) is 11.5 Å². The van der Waals surface area contributed by atoms with Gasteiger partial charge in [0.25, 0.3) is 0 Å². The van der Waals surface area contributed by atoms with E-state index in [0.29, 0.717) is 37.7 Å². The summed E-state index contributed by atoms with van der Waals surface area (Å²) in [5, 5.41) is 0. The Balaban J connectivity index is 1.71. The summed E-state index contributed by atoms with van der Waals surface area (Å²) in [7, 11) is 1.58. The molecule has 1 saturated heterocycles. The third-order valence-electron chi connectivity index (χ3n) is 4.08. The van der Waals surface area contributed by atoms with Crippen LogP contribution in [0.4, 0.5) is 0 Å². The van der Waals surface area contributed by atoms with Crippen LogP contribution in [0, 0.1) is 0 Å². The van der Waals surface area contributed by atoms with Gasteiger partial charge < -0.3 is 19.3 Å². The highest BCUT2D eigenvalue weighted by molar-refractivity contribution is 5.96. The third kappa shape index (κ3) is 5.62. The molecule has 0 spiro atoms. The van der Waals surface area contributed by atoms with E-state index in [1.165, 1.54) is 0 Å². The summed E-state index contributed by atoms with van der Waals surface area (Å²) in [4.78, 5) is 38.6. The maximum atomic E-state index is 12.2. The number of rotatable bonds is 7. The second-order valence-corrected chi connectivity index (χ2v) is 5.78. The molecule has 1 aromatic rings. The molecule has 9 nitrogen and oxygen atoms in total. The van der Waals surface area contributed by atoms with Crippen molar-refractivity contribution >= 4 is 17.7 Å². The quantitative estimate of drug-likeness (QED) is 0.292. The first kappa shape index (κ1) is 19.5. The number of nitrogens with one attached hydrogen (secondary N) is 1. The van der Waals surface area contributed by atoms with Gasteiger partial charge in [-0.25, -0.2) is 5.84 Å². The average Bonchev–Trinajstić information content (AvgIpc) is 2.68. The topological polar surface area (TPSA) is 114 Å². The molecule has 1 aliphatic heterocycles. The number of amides is 3. The number of piperazine rings is 1. The fourth-order valence-electron chi connectivity index (χ4n) is 2.61. The molecule has 0 aliphatic carbocycles. The number of carbonyl (C=O) groups is 3. The van der Waals surface area contributed by atoms with Crippen LogP contribution < -0.4 is 20.7 Å². The zero-order chi connectivity index (χ0) is 18.9. The molecule has 3 N–H and O–H groups in total. The summed E-state index contributed by atoms with van der Waals surface area (Å²) < 4.78 is 10.7. The molecule has 0 radical (unpaired) electrons. The molecule has 1 heterocycles. The third-order valence-corrected chi connectivity index (χ3v) is 4.08. The van der Waals surface area contributed by atoms with Gasteiger partial charge >= 0.3 is 0 Å². The fraction of sp³-hybridized carbons (Fsp3) is 0.471. The van der Waals surface area contributed by atoms with E-state index in [0.717, 1.165) is 0 Å². The van der Waals surface area contributed by atoms with Gasteiger partial charge in [0.1, 0.15) is 17.9 Å². The lowest BCUT2D eigenvalue weighted by atomic mass is 10.2. The predicted molar refractivity (Wildman–Crippen MR) is 93.2 cm³/mol. The van der Waals surface area contributed by atoms with Crippen LogP contribution in [0.15, 0.2) is 24.3 Å². The fourth-order valence-corrected chi connectivity index (χ4v) is 2.61. The lowest BCUT2D eigenvalue weighted by molar-refractivity contribution is -0.142. The Hall–Kier alpha value is -2.81. The van der Waals surface area contributed by atoms with Crippen LogP contribution in [0.2, 0.25) is 0 Å². The van der Waals surface area contributed by atoms with Crippen LogP contribution in [-0.4, -0.2) is 67.4 Å². The zero-order valence-electron chi connectivity index (χ0n) is 14.8. The molecular weight excluding hydrogens is 340 g/mol. The van der Waals surface area contributed by atoms with Crippen molar-refractivity contribution in [2.45, 2.75) is 12.8 Å². The first-order chi connectivity index (χ1) is 12.5. The van der Waals surface area contributed by atoms with Crippen molar-refractivity contribution < 1.29 is 23.9 Å². The number of ether oxygens (including phenoxy) is 2. The average molecular weight is 364 g/mol. The second kappa shape index (κ2) is 9.62. The summed E-state index contributed by atoms with van der Waals surface area (Å²) in [5.41, 5.74) is 1.93. The van der Waals surface area contributed by atoms with Gasteiger partial charge in [-0.3, -0.25) is 19.8 Å². The van der Waals surface area contributed by atoms with Gasteiger partial charge in [0.05, 0.1) is 20.1 Å². The maximum Gasteiger partial charge on any atom is 0.243 e. The Kier molecular flexibility index (Phi) is 7.22. The van der Waals surface area contributed by atoms with Crippen LogP contribution >= 0.6 is 0 Å². The number of methoxy groups -OCH3 is 1. The van der Waals surface area contributed by atoms with Crippen molar-refractivity contribution in [1.82, 2.24) is 15.2 Å². The molecule has 3 amide bonds. The van der Waals surface area contributed by atoms with Crippen molar-refractivity contribution in [3.05, 3.63) is 24.3 Å².